The smallest absolute Gasteiger partial charge is 0.253 e. The normalized spacial score (nSPS) is 19.5. The van der Waals surface area contributed by atoms with Gasteiger partial charge in [0.1, 0.15) is 6.04 Å². The number of rotatable bonds is 4. The monoisotopic (exact) mass is 388 g/mol. The lowest BCUT2D eigenvalue weighted by Gasteiger charge is -2.30. The summed E-state index contributed by atoms with van der Waals surface area (Å²) in [5, 5.41) is 2.91. The summed E-state index contributed by atoms with van der Waals surface area (Å²) in [6.07, 6.45) is 5.58. The highest BCUT2D eigenvalue weighted by atomic mass is 16.2. The van der Waals surface area contributed by atoms with Crippen LogP contribution in [0, 0.1) is 0 Å². The molecule has 1 aromatic heterocycles. The first kappa shape index (κ1) is 17.9. The zero-order chi connectivity index (χ0) is 19.8. The number of anilines is 2. The van der Waals surface area contributed by atoms with Crippen LogP contribution in [0.15, 0.2) is 54.6 Å². The SMILES string of the molecule is O=C(C[C@@H]1C(=O)N(C2CCCCC2)c2nc3ccccc3n21)Nc1ccccc1. The molecule has 148 valence electrons. The molecule has 2 aliphatic rings. The van der Waals surface area contributed by atoms with Crippen LogP contribution in [-0.2, 0) is 9.59 Å². The second-order valence-corrected chi connectivity index (χ2v) is 7.90. The van der Waals surface area contributed by atoms with Crippen molar-refractivity contribution in [3.05, 3.63) is 54.6 Å². The molecule has 5 rings (SSSR count). The van der Waals surface area contributed by atoms with E-state index in [1.165, 1.54) is 6.42 Å². The van der Waals surface area contributed by atoms with Crippen molar-refractivity contribution < 1.29 is 9.59 Å². The van der Waals surface area contributed by atoms with Crippen LogP contribution in [-0.4, -0.2) is 27.4 Å². The van der Waals surface area contributed by atoms with Gasteiger partial charge in [0.25, 0.3) is 5.91 Å². The Morgan fingerprint density at radius 1 is 1.00 bits per heavy atom. The molecule has 1 aliphatic carbocycles. The number of nitrogens with zero attached hydrogens (tertiary/aromatic N) is 3. The van der Waals surface area contributed by atoms with Crippen molar-refractivity contribution in [2.75, 3.05) is 10.2 Å². The molecule has 6 heteroatoms. The molecule has 0 saturated heterocycles. The number of imidazole rings is 1. The molecule has 0 radical (unpaired) electrons. The van der Waals surface area contributed by atoms with E-state index in [0.717, 1.165) is 42.4 Å². The molecular weight excluding hydrogens is 364 g/mol. The van der Waals surface area contributed by atoms with Gasteiger partial charge in [0.15, 0.2) is 0 Å². The molecule has 29 heavy (non-hydrogen) atoms. The van der Waals surface area contributed by atoms with Crippen molar-refractivity contribution in [3.8, 4) is 0 Å². The van der Waals surface area contributed by atoms with Crippen molar-refractivity contribution in [1.29, 1.82) is 0 Å². The lowest BCUT2D eigenvalue weighted by molar-refractivity contribution is -0.125. The third kappa shape index (κ3) is 3.18. The van der Waals surface area contributed by atoms with Gasteiger partial charge in [0.2, 0.25) is 11.9 Å². The first-order chi connectivity index (χ1) is 14.2. The number of hydrogen-bond acceptors (Lipinski definition) is 3. The molecule has 3 aromatic rings. The summed E-state index contributed by atoms with van der Waals surface area (Å²) in [5.74, 6) is 0.526. The Labute approximate surface area is 169 Å². The van der Waals surface area contributed by atoms with Crippen molar-refractivity contribution in [3.63, 3.8) is 0 Å². The van der Waals surface area contributed by atoms with Crippen LogP contribution in [0.4, 0.5) is 11.6 Å². The second-order valence-electron chi connectivity index (χ2n) is 7.90. The zero-order valence-corrected chi connectivity index (χ0v) is 16.3. The predicted octanol–water partition coefficient (Wildman–Crippen LogP) is 4.29. The molecule has 0 spiro atoms. The van der Waals surface area contributed by atoms with E-state index in [9.17, 15) is 9.59 Å². The predicted molar refractivity (Wildman–Crippen MR) is 113 cm³/mol. The molecule has 6 nitrogen and oxygen atoms in total. The van der Waals surface area contributed by atoms with E-state index >= 15 is 0 Å². The zero-order valence-electron chi connectivity index (χ0n) is 16.3. The standard InChI is InChI=1S/C23H24N4O2/c28-21(24-16-9-3-1-4-10-16)15-20-22(29)26(17-11-5-2-6-12-17)23-25-18-13-7-8-14-19(18)27(20)23/h1,3-4,7-10,13-14,17,20H,2,5-6,11-12,15H2,(H,24,28)/t20-/m1/s1. The van der Waals surface area contributed by atoms with Gasteiger partial charge in [0.05, 0.1) is 17.5 Å². The Bertz CT molecular complexity index is 1050. The molecule has 1 saturated carbocycles. The largest absolute Gasteiger partial charge is 0.326 e. The molecule has 0 unspecified atom stereocenters. The van der Waals surface area contributed by atoms with E-state index in [-0.39, 0.29) is 24.3 Å². The fraction of sp³-hybridized carbons (Fsp3) is 0.348. The minimum atomic E-state index is -0.553. The number of carbonyl (C=O) groups is 2. The van der Waals surface area contributed by atoms with Gasteiger partial charge in [-0.1, -0.05) is 49.6 Å². The Morgan fingerprint density at radius 2 is 1.72 bits per heavy atom. The van der Waals surface area contributed by atoms with Crippen LogP contribution in [0.2, 0.25) is 0 Å². The van der Waals surface area contributed by atoms with Gasteiger partial charge >= 0.3 is 0 Å². The topological polar surface area (TPSA) is 67.2 Å². The van der Waals surface area contributed by atoms with Crippen molar-refractivity contribution in [1.82, 2.24) is 9.55 Å². The van der Waals surface area contributed by atoms with Crippen LogP contribution in [0.3, 0.4) is 0 Å². The number of carbonyl (C=O) groups excluding carboxylic acids is 2. The van der Waals surface area contributed by atoms with Crippen LogP contribution < -0.4 is 10.2 Å². The summed E-state index contributed by atoms with van der Waals surface area (Å²) in [7, 11) is 0. The summed E-state index contributed by atoms with van der Waals surface area (Å²) in [5.41, 5.74) is 2.51. The van der Waals surface area contributed by atoms with Crippen LogP contribution in [0.5, 0.6) is 0 Å². The third-order valence-electron chi connectivity index (χ3n) is 6.00. The average Bonchev–Trinajstić information content (AvgIpc) is 3.24. The van der Waals surface area contributed by atoms with E-state index < -0.39 is 6.04 Å². The maximum atomic E-state index is 13.4. The number of amides is 2. The van der Waals surface area contributed by atoms with E-state index in [2.05, 4.69) is 5.32 Å². The van der Waals surface area contributed by atoms with Gasteiger partial charge in [0, 0.05) is 11.7 Å². The van der Waals surface area contributed by atoms with E-state index in [1.807, 2.05) is 64.1 Å². The fourth-order valence-electron chi connectivity index (χ4n) is 4.65. The quantitative estimate of drug-likeness (QED) is 0.725. The number of para-hydroxylation sites is 3. The Morgan fingerprint density at radius 3 is 2.52 bits per heavy atom. The van der Waals surface area contributed by atoms with Crippen molar-refractivity contribution in [2.45, 2.75) is 50.6 Å². The molecule has 1 atom stereocenters. The van der Waals surface area contributed by atoms with Gasteiger partial charge in [-0.05, 0) is 37.1 Å². The van der Waals surface area contributed by atoms with Gasteiger partial charge in [-0.15, -0.1) is 0 Å². The average molecular weight is 388 g/mol. The lowest BCUT2D eigenvalue weighted by atomic mass is 9.94. The van der Waals surface area contributed by atoms with Gasteiger partial charge in [-0.2, -0.15) is 0 Å². The van der Waals surface area contributed by atoms with E-state index in [4.69, 9.17) is 4.98 Å². The lowest BCUT2D eigenvalue weighted by Crippen LogP contribution is -2.41. The highest BCUT2D eigenvalue weighted by Gasteiger charge is 2.44. The first-order valence-electron chi connectivity index (χ1n) is 10.4. The second kappa shape index (κ2) is 7.35. The fourth-order valence-corrected chi connectivity index (χ4v) is 4.65. The van der Waals surface area contributed by atoms with Crippen LogP contribution in [0.1, 0.15) is 44.6 Å². The Balaban J connectivity index is 1.48. The van der Waals surface area contributed by atoms with Crippen LogP contribution in [0.25, 0.3) is 11.0 Å². The van der Waals surface area contributed by atoms with E-state index in [0.29, 0.717) is 5.95 Å². The van der Waals surface area contributed by atoms with Gasteiger partial charge in [-0.3, -0.25) is 19.1 Å². The molecule has 1 aliphatic heterocycles. The highest BCUT2D eigenvalue weighted by Crippen LogP contribution is 2.40. The Kier molecular flexibility index (Phi) is 4.54. The first-order valence-corrected chi connectivity index (χ1v) is 10.4. The van der Waals surface area contributed by atoms with Crippen molar-refractivity contribution >= 4 is 34.5 Å². The summed E-state index contributed by atoms with van der Waals surface area (Å²) >= 11 is 0. The van der Waals surface area contributed by atoms with Crippen molar-refractivity contribution in [2.24, 2.45) is 0 Å². The Hall–Kier alpha value is -3.15. The summed E-state index contributed by atoms with van der Waals surface area (Å²) < 4.78 is 1.97. The number of fused-ring (bicyclic) bond motifs is 3. The molecule has 2 amide bonds. The minimum absolute atomic E-state index is 0.00614. The van der Waals surface area contributed by atoms with Gasteiger partial charge < -0.3 is 5.32 Å². The summed E-state index contributed by atoms with van der Waals surface area (Å²) in [4.78, 5) is 32.8. The number of benzene rings is 2. The van der Waals surface area contributed by atoms with Crippen LogP contribution >= 0.6 is 0 Å². The number of aromatic nitrogens is 2. The molecule has 0 bridgehead atoms. The van der Waals surface area contributed by atoms with E-state index in [1.54, 1.807) is 0 Å². The maximum Gasteiger partial charge on any atom is 0.253 e. The highest BCUT2D eigenvalue weighted by molar-refractivity contribution is 6.05. The molecular formula is C23H24N4O2. The molecule has 2 heterocycles. The number of nitrogens with one attached hydrogen (secondary N) is 1. The maximum absolute atomic E-state index is 13.4. The molecule has 1 N–H and O–H groups in total. The summed E-state index contributed by atoms with van der Waals surface area (Å²) in [6.45, 7) is 0. The number of hydrogen-bond donors (Lipinski definition) is 1. The molecule has 1 fully saturated rings. The van der Waals surface area contributed by atoms with Gasteiger partial charge in [-0.25, -0.2) is 4.98 Å². The summed E-state index contributed by atoms with van der Waals surface area (Å²) in [6, 6.07) is 16.8. The molecule has 2 aromatic carbocycles. The third-order valence-corrected chi connectivity index (χ3v) is 6.00. The minimum Gasteiger partial charge on any atom is -0.326 e.